The van der Waals surface area contributed by atoms with Crippen LogP contribution < -0.4 is 0 Å². The van der Waals surface area contributed by atoms with Crippen molar-refractivity contribution in [1.82, 2.24) is 0 Å². The van der Waals surface area contributed by atoms with Gasteiger partial charge in [-0.15, -0.1) is 0 Å². The van der Waals surface area contributed by atoms with Crippen LogP contribution >= 0.6 is 0 Å². The fourth-order valence-electron chi connectivity index (χ4n) is 0. The van der Waals surface area contributed by atoms with Crippen molar-refractivity contribution >= 4 is 0 Å². The molecule has 0 heterocycles. The Bertz CT molecular complexity index is 24.3. The van der Waals surface area contributed by atoms with Gasteiger partial charge in [0.15, 0.2) is 0 Å². The first kappa shape index (κ1) is 8.98. The van der Waals surface area contributed by atoms with Crippen molar-refractivity contribution in [2.75, 3.05) is 0 Å². The third-order valence-corrected chi connectivity index (χ3v) is 0. The molecule has 0 aromatic heterocycles. The minimum Gasteiger partial charge on any atom is -0.373 e. The Hall–Kier alpha value is 0.0243. The van der Waals surface area contributed by atoms with E-state index < -0.39 is 0 Å². The van der Waals surface area contributed by atoms with Gasteiger partial charge in [0.1, 0.15) is 0 Å². The van der Waals surface area contributed by atoms with E-state index in [1.165, 1.54) is 4.91 Å². The Labute approximate surface area is 38.3 Å². The summed E-state index contributed by atoms with van der Waals surface area (Å²) in [4.78, 5) is 1.50. The number of hydrogen-bond donors (Lipinski definition) is 0. The van der Waals surface area contributed by atoms with Crippen LogP contribution in [0.4, 0.5) is 0 Å². The summed E-state index contributed by atoms with van der Waals surface area (Å²) in [5.41, 5.74) is 13.5. The largest absolute Gasteiger partial charge is 1.00 e. The van der Waals surface area contributed by atoms with Crippen LogP contribution in [0.5, 0.6) is 0 Å². The predicted octanol–water partition coefficient (Wildman–Crippen LogP) is 0.864. The van der Waals surface area contributed by atoms with Crippen molar-refractivity contribution in [3.8, 4) is 0 Å². The zero-order chi connectivity index (χ0) is 2.71. The normalized spacial score (nSPS) is 2.00. The zero-order valence-corrected chi connectivity index (χ0v) is 3.40. The average Bonchev–Trinajstić information content (AvgIpc) is 0.918. The van der Waals surface area contributed by atoms with E-state index in [4.69, 9.17) is 11.1 Å². The molecule has 0 rings (SSSR count). The van der Waals surface area contributed by atoms with E-state index in [1.807, 2.05) is 0 Å². The summed E-state index contributed by atoms with van der Waals surface area (Å²) in [5, 5.41) is 0. The van der Waals surface area contributed by atoms with Crippen molar-refractivity contribution in [3.05, 3.63) is 16.0 Å². The van der Waals surface area contributed by atoms with Crippen LogP contribution in [0.25, 0.3) is 16.0 Å². The van der Waals surface area contributed by atoms with Crippen molar-refractivity contribution < 1.29 is 21.7 Å². The number of rotatable bonds is 0. The van der Waals surface area contributed by atoms with Crippen molar-refractivity contribution in [2.45, 2.75) is 0 Å². The molecule has 0 spiro atoms. The second kappa shape index (κ2) is 11.8. The van der Waals surface area contributed by atoms with Crippen molar-refractivity contribution in [2.24, 2.45) is 0 Å². The van der Waals surface area contributed by atoms with Gasteiger partial charge in [0.05, 0.1) is 0 Å². The van der Waals surface area contributed by atoms with Crippen LogP contribution in [-0.4, -0.2) is 0 Å². The zero-order valence-electron chi connectivity index (χ0n) is 1.84. The smallest absolute Gasteiger partial charge is 0.373 e. The molecule has 1 radical (unpaired) electrons. The molecule has 0 atom stereocenters. The molecule has 0 saturated carbocycles. The van der Waals surface area contributed by atoms with Crippen LogP contribution in [0.3, 0.4) is 0 Å². The summed E-state index contributed by atoms with van der Waals surface area (Å²) in [6, 6.07) is 0. The molecule has 0 aliphatic heterocycles. The first-order valence-corrected chi connectivity index (χ1v) is 0.400. The second-order valence-electron chi connectivity index (χ2n) is 0.0894. The molecule has 19 valence electrons. The molecule has 4 heavy (non-hydrogen) atoms. The van der Waals surface area contributed by atoms with Gasteiger partial charge in [0, 0.05) is 0 Å². The van der Waals surface area contributed by atoms with E-state index in [2.05, 4.69) is 0 Å². The van der Waals surface area contributed by atoms with Crippen molar-refractivity contribution in [3.63, 3.8) is 0 Å². The van der Waals surface area contributed by atoms with Gasteiger partial charge in [-0.3, -0.25) is 4.91 Å². The van der Waals surface area contributed by atoms with Gasteiger partial charge >= 0.3 is 21.7 Å². The van der Waals surface area contributed by atoms with Crippen LogP contribution in [0.15, 0.2) is 0 Å². The molecule has 0 amide bonds. The minimum absolute atomic E-state index is 0. The predicted molar refractivity (Wildman–Crippen MR) is 10.1 cm³/mol. The van der Waals surface area contributed by atoms with E-state index >= 15 is 0 Å². The summed E-state index contributed by atoms with van der Waals surface area (Å²) in [5.74, 6) is 0. The molecule has 0 saturated heterocycles. The number of hydrogen-bond acceptors (Lipinski definition) is 0. The van der Waals surface area contributed by atoms with Crippen LogP contribution in [0.1, 0.15) is 0 Å². The summed E-state index contributed by atoms with van der Waals surface area (Å²) in [6.07, 6.45) is 0. The third-order valence-electron chi connectivity index (χ3n) is 0. The van der Waals surface area contributed by atoms with Crippen LogP contribution in [-0.2, 0) is 21.7 Å². The van der Waals surface area contributed by atoms with E-state index in [0.29, 0.717) is 0 Å². The maximum absolute atomic E-state index is 6.75. The van der Waals surface area contributed by atoms with E-state index in [-0.39, 0.29) is 21.7 Å². The monoisotopic (exact) mass is 90.0 g/mol. The molecule has 0 aliphatic carbocycles. The second-order valence-corrected chi connectivity index (χ2v) is 0.0894. The SMILES string of the molecule is [N-]=[N+]=[N-].[Ti+]. The Kier molecular flexibility index (Phi) is 26.5. The van der Waals surface area contributed by atoms with Gasteiger partial charge in [-0.05, 0) is 0 Å². The maximum Gasteiger partial charge on any atom is 1.00 e. The quantitative estimate of drug-likeness (QED) is 0.183. The molecule has 0 aliphatic rings. The van der Waals surface area contributed by atoms with Gasteiger partial charge in [-0.1, -0.05) is 0 Å². The molecule has 4 heteroatoms. The summed E-state index contributed by atoms with van der Waals surface area (Å²) in [6.45, 7) is 0. The van der Waals surface area contributed by atoms with Crippen LogP contribution in [0, 0.1) is 0 Å². The topological polar surface area (TPSA) is 58.7 Å². The molecular weight excluding hydrogens is 89.9 g/mol. The van der Waals surface area contributed by atoms with E-state index in [9.17, 15) is 0 Å². The molecule has 0 fully saturated rings. The van der Waals surface area contributed by atoms with Crippen LogP contribution in [0.2, 0.25) is 0 Å². The summed E-state index contributed by atoms with van der Waals surface area (Å²) in [7, 11) is 0. The van der Waals surface area contributed by atoms with Gasteiger partial charge < -0.3 is 11.1 Å². The minimum atomic E-state index is 0. The van der Waals surface area contributed by atoms with Gasteiger partial charge in [0.2, 0.25) is 0 Å². The fourth-order valence-corrected chi connectivity index (χ4v) is 0. The molecule has 3 nitrogen and oxygen atoms in total. The third kappa shape index (κ3) is 3600. The van der Waals surface area contributed by atoms with E-state index in [0.717, 1.165) is 0 Å². The molecule has 0 unspecified atom stereocenters. The van der Waals surface area contributed by atoms with Gasteiger partial charge in [-0.2, -0.15) is 0 Å². The average molecular weight is 89.9 g/mol. The first-order chi connectivity index (χ1) is 1.41. The fraction of sp³-hybridized carbons (Fsp3) is 0. The Morgan fingerprint density at radius 3 is 1.25 bits per heavy atom. The molecule has 0 aromatic carbocycles. The summed E-state index contributed by atoms with van der Waals surface area (Å²) < 4.78 is 0. The molecule has 0 N–H and O–H groups in total. The Morgan fingerprint density at radius 2 is 1.25 bits per heavy atom. The number of nitrogens with zero attached hydrogens (tertiary/aromatic N) is 3. The van der Waals surface area contributed by atoms with Crippen molar-refractivity contribution in [1.29, 1.82) is 0 Å². The molecule has 0 bridgehead atoms. The van der Waals surface area contributed by atoms with Gasteiger partial charge in [0.25, 0.3) is 0 Å². The van der Waals surface area contributed by atoms with E-state index in [1.54, 1.807) is 0 Å². The standard InChI is InChI=1S/N3.Ti/c1-3-2;/q-1;+1. The Morgan fingerprint density at radius 1 is 1.25 bits per heavy atom. The first-order valence-electron chi connectivity index (χ1n) is 0.400. The summed E-state index contributed by atoms with van der Waals surface area (Å²) >= 11 is 0. The maximum atomic E-state index is 6.75. The molecular formula is N3Ti. The Balaban J connectivity index is 0. The molecule has 0 aromatic rings. The van der Waals surface area contributed by atoms with Gasteiger partial charge in [-0.25, -0.2) is 0 Å².